The van der Waals surface area contributed by atoms with Gasteiger partial charge in [0.15, 0.2) is 0 Å². The highest BCUT2D eigenvalue weighted by atomic mass is 16.2. The molecular weight excluding hydrogens is 314 g/mol. The van der Waals surface area contributed by atoms with Gasteiger partial charge >= 0.3 is 0 Å². The summed E-state index contributed by atoms with van der Waals surface area (Å²) in [5.41, 5.74) is 0.665. The van der Waals surface area contributed by atoms with Gasteiger partial charge in [-0.1, -0.05) is 39.8 Å². The van der Waals surface area contributed by atoms with Crippen LogP contribution in [0.15, 0.2) is 29.1 Å². The van der Waals surface area contributed by atoms with Crippen LogP contribution in [-0.4, -0.2) is 26.9 Å². The molecule has 0 radical (unpaired) electrons. The summed E-state index contributed by atoms with van der Waals surface area (Å²) in [6.45, 7) is 11.3. The van der Waals surface area contributed by atoms with Crippen molar-refractivity contribution in [1.82, 2.24) is 14.5 Å². The van der Waals surface area contributed by atoms with E-state index >= 15 is 0 Å². The number of aromatic nitrogens is 2. The Kier molecular flexibility index (Phi) is 6.34. The van der Waals surface area contributed by atoms with Gasteiger partial charge in [-0.15, -0.1) is 0 Å². The molecule has 2 aromatic rings. The van der Waals surface area contributed by atoms with Gasteiger partial charge in [0.25, 0.3) is 5.56 Å². The molecule has 0 aliphatic heterocycles. The van der Waals surface area contributed by atoms with Gasteiger partial charge in [0.2, 0.25) is 5.91 Å². The van der Waals surface area contributed by atoms with Crippen molar-refractivity contribution in [3.8, 4) is 0 Å². The molecule has 136 valence electrons. The second kappa shape index (κ2) is 8.28. The molecular formula is C20H29N3O2. The van der Waals surface area contributed by atoms with E-state index in [1.165, 1.54) is 0 Å². The molecule has 5 nitrogen and oxygen atoms in total. The molecule has 1 aromatic heterocycles. The van der Waals surface area contributed by atoms with Crippen LogP contribution in [-0.2, 0) is 11.3 Å². The van der Waals surface area contributed by atoms with E-state index in [-0.39, 0.29) is 17.5 Å². The number of carbonyl (C=O) groups is 1. The summed E-state index contributed by atoms with van der Waals surface area (Å²) < 4.78 is 1.74. The minimum atomic E-state index is -0.237. The zero-order valence-electron chi connectivity index (χ0n) is 16.0. The summed E-state index contributed by atoms with van der Waals surface area (Å²) >= 11 is 0. The Hall–Kier alpha value is -2.17. The quantitative estimate of drug-likeness (QED) is 0.769. The first-order valence-corrected chi connectivity index (χ1v) is 9.19. The van der Waals surface area contributed by atoms with Crippen molar-refractivity contribution in [2.75, 3.05) is 6.54 Å². The molecule has 25 heavy (non-hydrogen) atoms. The predicted molar refractivity (Wildman–Crippen MR) is 102 cm³/mol. The van der Waals surface area contributed by atoms with E-state index in [0.717, 1.165) is 6.42 Å². The van der Waals surface area contributed by atoms with E-state index in [9.17, 15) is 9.59 Å². The average molecular weight is 343 g/mol. The number of hydrogen-bond acceptors (Lipinski definition) is 3. The Morgan fingerprint density at radius 1 is 1.20 bits per heavy atom. The molecule has 0 saturated heterocycles. The van der Waals surface area contributed by atoms with Crippen LogP contribution >= 0.6 is 0 Å². The van der Waals surface area contributed by atoms with Crippen LogP contribution in [0.5, 0.6) is 0 Å². The molecule has 1 aromatic carbocycles. The number of hydrogen-bond donors (Lipinski definition) is 0. The van der Waals surface area contributed by atoms with Gasteiger partial charge in [-0.25, -0.2) is 4.98 Å². The summed E-state index contributed by atoms with van der Waals surface area (Å²) in [6.07, 6.45) is 1.29. The van der Waals surface area contributed by atoms with Gasteiger partial charge in [-0.3, -0.25) is 14.2 Å². The summed E-state index contributed by atoms with van der Waals surface area (Å²) in [7, 11) is 0. The SMILES string of the molecule is CCCn1c(C(C)N(CC(C)C)C(=O)CC)nc2ccccc2c1=O. The van der Waals surface area contributed by atoms with Crippen molar-refractivity contribution in [2.24, 2.45) is 5.92 Å². The Bertz CT molecular complexity index is 795. The molecule has 1 amide bonds. The molecule has 2 rings (SSSR count). The van der Waals surface area contributed by atoms with Crippen molar-refractivity contribution in [2.45, 2.75) is 60.0 Å². The van der Waals surface area contributed by atoms with E-state index in [1.807, 2.05) is 49.9 Å². The van der Waals surface area contributed by atoms with Gasteiger partial charge in [-0.2, -0.15) is 0 Å². The standard InChI is InChI=1S/C20H29N3O2/c1-6-12-22-19(15(5)23(13-14(3)4)18(24)7-2)21-17-11-9-8-10-16(17)20(22)25/h8-11,14-15H,6-7,12-13H2,1-5H3. The van der Waals surface area contributed by atoms with Crippen molar-refractivity contribution in [1.29, 1.82) is 0 Å². The molecule has 0 spiro atoms. The summed E-state index contributed by atoms with van der Waals surface area (Å²) in [6, 6.07) is 7.18. The lowest BCUT2D eigenvalue weighted by Gasteiger charge is -2.31. The number of para-hydroxylation sites is 1. The van der Waals surface area contributed by atoms with Crippen LogP contribution in [0.1, 0.15) is 59.3 Å². The third-order valence-electron chi connectivity index (χ3n) is 4.36. The molecule has 1 unspecified atom stereocenters. The normalized spacial score (nSPS) is 12.6. The second-order valence-electron chi connectivity index (χ2n) is 6.91. The fourth-order valence-electron chi connectivity index (χ4n) is 3.16. The van der Waals surface area contributed by atoms with Crippen LogP contribution in [0.4, 0.5) is 0 Å². The minimum Gasteiger partial charge on any atom is -0.333 e. The molecule has 0 aliphatic carbocycles. The second-order valence-corrected chi connectivity index (χ2v) is 6.91. The number of rotatable bonds is 7. The van der Waals surface area contributed by atoms with Crippen LogP contribution in [0.3, 0.4) is 0 Å². The van der Waals surface area contributed by atoms with Crippen LogP contribution in [0.2, 0.25) is 0 Å². The maximum absolute atomic E-state index is 12.9. The zero-order chi connectivity index (χ0) is 18.6. The molecule has 5 heteroatoms. The number of amides is 1. The molecule has 0 saturated carbocycles. The molecule has 0 bridgehead atoms. The minimum absolute atomic E-state index is 0.0252. The number of carbonyl (C=O) groups excluding carboxylic acids is 1. The highest BCUT2D eigenvalue weighted by molar-refractivity contribution is 5.78. The highest BCUT2D eigenvalue weighted by Crippen LogP contribution is 2.22. The maximum atomic E-state index is 12.9. The summed E-state index contributed by atoms with van der Waals surface area (Å²) in [5.74, 6) is 1.12. The number of nitrogens with zero attached hydrogens (tertiary/aromatic N) is 3. The van der Waals surface area contributed by atoms with Gasteiger partial charge in [0, 0.05) is 19.5 Å². The molecule has 1 atom stereocenters. The monoisotopic (exact) mass is 343 g/mol. The molecule has 0 fully saturated rings. The first-order valence-electron chi connectivity index (χ1n) is 9.19. The molecule has 0 aliphatic rings. The molecule has 1 heterocycles. The van der Waals surface area contributed by atoms with Crippen LogP contribution in [0, 0.1) is 5.92 Å². The Balaban J connectivity index is 2.61. The topological polar surface area (TPSA) is 55.2 Å². The third kappa shape index (κ3) is 4.09. The van der Waals surface area contributed by atoms with Gasteiger partial charge in [-0.05, 0) is 31.4 Å². The molecule has 0 N–H and O–H groups in total. The van der Waals surface area contributed by atoms with Gasteiger partial charge in [0.05, 0.1) is 16.9 Å². The lowest BCUT2D eigenvalue weighted by molar-refractivity contribution is -0.133. The predicted octanol–water partition coefficient (Wildman–Crippen LogP) is 3.76. The van der Waals surface area contributed by atoms with Gasteiger partial charge in [0.1, 0.15) is 5.82 Å². The Labute approximate surface area is 149 Å². The largest absolute Gasteiger partial charge is 0.333 e. The summed E-state index contributed by atoms with van der Waals surface area (Å²) in [4.78, 5) is 32.1. The summed E-state index contributed by atoms with van der Waals surface area (Å²) in [5, 5.41) is 0.629. The number of benzene rings is 1. The highest BCUT2D eigenvalue weighted by Gasteiger charge is 2.25. The van der Waals surface area contributed by atoms with Crippen LogP contribution < -0.4 is 5.56 Å². The van der Waals surface area contributed by atoms with Gasteiger partial charge < -0.3 is 4.90 Å². The first kappa shape index (κ1) is 19.2. The van der Waals surface area contributed by atoms with Crippen molar-refractivity contribution in [3.05, 3.63) is 40.4 Å². The zero-order valence-corrected chi connectivity index (χ0v) is 16.0. The third-order valence-corrected chi connectivity index (χ3v) is 4.36. The lowest BCUT2D eigenvalue weighted by Crippen LogP contribution is -2.39. The maximum Gasteiger partial charge on any atom is 0.261 e. The van der Waals surface area contributed by atoms with Crippen molar-refractivity contribution in [3.63, 3.8) is 0 Å². The van der Waals surface area contributed by atoms with Crippen molar-refractivity contribution >= 4 is 16.8 Å². The van der Waals surface area contributed by atoms with E-state index in [2.05, 4.69) is 13.8 Å². The Morgan fingerprint density at radius 3 is 2.48 bits per heavy atom. The number of fused-ring (bicyclic) bond motifs is 1. The fraction of sp³-hybridized carbons (Fsp3) is 0.550. The van der Waals surface area contributed by atoms with Crippen molar-refractivity contribution < 1.29 is 4.79 Å². The van der Waals surface area contributed by atoms with E-state index in [0.29, 0.717) is 42.2 Å². The van der Waals surface area contributed by atoms with E-state index in [1.54, 1.807) is 4.57 Å². The fourth-order valence-corrected chi connectivity index (χ4v) is 3.16. The van der Waals surface area contributed by atoms with E-state index in [4.69, 9.17) is 4.98 Å². The lowest BCUT2D eigenvalue weighted by atomic mass is 10.1. The smallest absolute Gasteiger partial charge is 0.261 e. The Morgan fingerprint density at radius 2 is 1.88 bits per heavy atom. The first-order chi connectivity index (χ1) is 11.9. The average Bonchev–Trinajstić information content (AvgIpc) is 2.60. The van der Waals surface area contributed by atoms with Crippen LogP contribution in [0.25, 0.3) is 10.9 Å². The van der Waals surface area contributed by atoms with E-state index < -0.39 is 0 Å².